The van der Waals surface area contributed by atoms with Gasteiger partial charge >= 0.3 is 0 Å². The van der Waals surface area contributed by atoms with Crippen LogP contribution in [-0.2, 0) is 17.8 Å². The number of carbonyl (C=O) groups is 1. The van der Waals surface area contributed by atoms with Crippen molar-refractivity contribution in [2.24, 2.45) is 11.7 Å². The highest BCUT2D eigenvalue weighted by Crippen LogP contribution is 2.32. The maximum absolute atomic E-state index is 13.1. The van der Waals surface area contributed by atoms with Gasteiger partial charge in [-0.1, -0.05) is 49.6 Å². The van der Waals surface area contributed by atoms with Gasteiger partial charge in [0.2, 0.25) is 5.91 Å². The molecule has 2 aromatic carbocycles. The van der Waals surface area contributed by atoms with Crippen LogP contribution in [0.3, 0.4) is 0 Å². The number of halogens is 1. The van der Waals surface area contributed by atoms with Crippen LogP contribution in [-0.4, -0.2) is 22.6 Å². The van der Waals surface area contributed by atoms with Crippen molar-refractivity contribution in [2.75, 3.05) is 0 Å². The topological polar surface area (TPSA) is 60.1 Å². The van der Waals surface area contributed by atoms with Gasteiger partial charge in [0, 0.05) is 35.7 Å². The average Bonchev–Trinajstić information content (AvgIpc) is 3.17. The van der Waals surface area contributed by atoms with E-state index in [1.165, 1.54) is 59.7 Å². The minimum absolute atomic E-state index is 0. The molecule has 0 spiro atoms. The molecule has 0 bridgehead atoms. The van der Waals surface area contributed by atoms with E-state index in [9.17, 15) is 4.79 Å². The number of aromatic nitrogens is 1. The van der Waals surface area contributed by atoms with E-state index in [2.05, 4.69) is 65.5 Å². The Balaban J connectivity index is 0.00000289. The van der Waals surface area contributed by atoms with Crippen LogP contribution >= 0.6 is 12.4 Å². The van der Waals surface area contributed by atoms with E-state index in [1.54, 1.807) is 0 Å². The Labute approximate surface area is 216 Å². The van der Waals surface area contributed by atoms with Crippen LogP contribution in [0.25, 0.3) is 22.0 Å². The lowest BCUT2D eigenvalue weighted by atomic mass is 9.89. The summed E-state index contributed by atoms with van der Waals surface area (Å²) in [4.78, 5) is 13.1. The number of carbonyl (C=O) groups excluding carboxylic acids is 1. The maximum atomic E-state index is 13.1. The van der Waals surface area contributed by atoms with Gasteiger partial charge in [0.05, 0.1) is 6.42 Å². The molecule has 0 aliphatic heterocycles. The first-order valence-electron chi connectivity index (χ1n) is 13.3. The highest BCUT2D eigenvalue weighted by Gasteiger charge is 2.22. The predicted molar refractivity (Wildman–Crippen MR) is 148 cm³/mol. The van der Waals surface area contributed by atoms with Gasteiger partial charge in [-0.05, 0) is 85.8 Å². The van der Waals surface area contributed by atoms with Crippen LogP contribution in [0.4, 0.5) is 0 Å². The Bertz CT molecular complexity index is 1140. The number of nitrogens with one attached hydrogen (secondary N) is 1. The number of nitrogens with zero attached hydrogens (tertiary/aromatic N) is 1. The number of fused-ring (bicyclic) bond motifs is 1. The van der Waals surface area contributed by atoms with Crippen molar-refractivity contribution in [3.05, 3.63) is 59.8 Å². The molecule has 188 valence electrons. The van der Waals surface area contributed by atoms with E-state index in [0.717, 1.165) is 43.7 Å². The largest absolute Gasteiger partial charge is 0.353 e. The smallest absolute Gasteiger partial charge is 0.224 e. The molecule has 0 unspecified atom stereocenters. The fraction of sp³-hybridized carbons (Fsp3) is 0.500. The van der Waals surface area contributed by atoms with E-state index in [4.69, 9.17) is 5.73 Å². The van der Waals surface area contributed by atoms with Crippen molar-refractivity contribution in [3.8, 4) is 11.1 Å². The lowest BCUT2D eigenvalue weighted by Crippen LogP contribution is -2.41. The average molecular weight is 494 g/mol. The number of hydrogen-bond acceptors (Lipinski definition) is 2. The van der Waals surface area contributed by atoms with Gasteiger partial charge in [0.1, 0.15) is 0 Å². The summed E-state index contributed by atoms with van der Waals surface area (Å²) < 4.78 is 2.43. The zero-order valence-electron chi connectivity index (χ0n) is 21.0. The van der Waals surface area contributed by atoms with Gasteiger partial charge in [-0.15, -0.1) is 12.4 Å². The molecule has 2 saturated carbocycles. The first-order valence-corrected chi connectivity index (χ1v) is 13.3. The molecule has 1 amide bonds. The molecular formula is C30H40ClN3O. The molecule has 2 aliphatic rings. The molecule has 0 saturated heterocycles. The fourth-order valence-electron chi connectivity index (χ4n) is 6.09. The summed E-state index contributed by atoms with van der Waals surface area (Å²) in [6.45, 7) is 3.22. The molecule has 3 N–H and O–H groups in total. The van der Waals surface area contributed by atoms with Crippen LogP contribution in [0.1, 0.15) is 68.9 Å². The molecule has 4 nitrogen and oxygen atoms in total. The second-order valence-electron chi connectivity index (χ2n) is 10.7. The summed E-state index contributed by atoms with van der Waals surface area (Å²) in [5.41, 5.74) is 12.2. The zero-order valence-corrected chi connectivity index (χ0v) is 21.8. The van der Waals surface area contributed by atoms with Crippen LogP contribution in [0, 0.1) is 12.8 Å². The van der Waals surface area contributed by atoms with E-state index in [-0.39, 0.29) is 24.4 Å². The summed E-state index contributed by atoms with van der Waals surface area (Å²) >= 11 is 0. The van der Waals surface area contributed by atoms with Gasteiger partial charge in [-0.3, -0.25) is 4.79 Å². The van der Waals surface area contributed by atoms with E-state index in [0.29, 0.717) is 12.5 Å². The second-order valence-corrected chi connectivity index (χ2v) is 10.7. The van der Waals surface area contributed by atoms with Crippen molar-refractivity contribution in [2.45, 2.75) is 89.8 Å². The standard InChI is InChI=1S/C30H39N3O.ClH/c1-21-7-5-6-10-27(21)23-11-16-29-28(17-23)24(20-33(29)19-22-8-3-2-4-9-22)18-30(34)32-26-14-12-25(31)13-15-26;/h5-7,10-11,16-17,20,22,25-26H,2-4,8-9,12-15,18-19,31H2,1H3,(H,32,34);1H. The molecule has 3 aromatic rings. The summed E-state index contributed by atoms with van der Waals surface area (Å²) in [5.74, 6) is 0.881. The van der Waals surface area contributed by atoms with Crippen LogP contribution < -0.4 is 11.1 Å². The Morgan fingerprint density at radius 1 is 1.00 bits per heavy atom. The Morgan fingerprint density at radius 2 is 1.74 bits per heavy atom. The van der Waals surface area contributed by atoms with Crippen LogP contribution in [0.2, 0.25) is 0 Å². The molecule has 1 heterocycles. The van der Waals surface area contributed by atoms with Gasteiger partial charge < -0.3 is 15.6 Å². The molecule has 2 aliphatic carbocycles. The second kappa shape index (κ2) is 11.6. The van der Waals surface area contributed by atoms with E-state index < -0.39 is 0 Å². The van der Waals surface area contributed by atoms with E-state index >= 15 is 0 Å². The monoisotopic (exact) mass is 493 g/mol. The number of hydrogen-bond donors (Lipinski definition) is 2. The minimum Gasteiger partial charge on any atom is -0.353 e. The van der Waals surface area contributed by atoms with Crippen molar-refractivity contribution >= 4 is 29.2 Å². The van der Waals surface area contributed by atoms with Crippen molar-refractivity contribution < 1.29 is 4.79 Å². The number of rotatable bonds is 6. The summed E-state index contributed by atoms with van der Waals surface area (Å²) in [5, 5.41) is 4.51. The van der Waals surface area contributed by atoms with Gasteiger partial charge in [0.15, 0.2) is 0 Å². The Hall–Kier alpha value is -2.30. The molecule has 5 heteroatoms. The zero-order chi connectivity index (χ0) is 23.5. The first kappa shape index (κ1) is 25.8. The number of benzene rings is 2. The molecule has 35 heavy (non-hydrogen) atoms. The Kier molecular flexibility index (Phi) is 8.56. The third-order valence-electron chi connectivity index (χ3n) is 8.09. The normalized spacial score (nSPS) is 21.0. The van der Waals surface area contributed by atoms with E-state index in [1.807, 2.05) is 0 Å². The quantitative estimate of drug-likeness (QED) is 0.409. The van der Waals surface area contributed by atoms with Crippen molar-refractivity contribution in [1.82, 2.24) is 9.88 Å². The lowest BCUT2D eigenvalue weighted by Gasteiger charge is -2.26. The number of amides is 1. The highest BCUT2D eigenvalue weighted by atomic mass is 35.5. The summed E-state index contributed by atoms with van der Waals surface area (Å²) in [7, 11) is 0. The van der Waals surface area contributed by atoms with Crippen molar-refractivity contribution in [3.63, 3.8) is 0 Å². The van der Waals surface area contributed by atoms with Gasteiger partial charge in [0.25, 0.3) is 0 Å². The highest BCUT2D eigenvalue weighted by molar-refractivity contribution is 5.92. The lowest BCUT2D eigenvalue weighted by molar-refractivity contribution is -0.121. The molecule has 0 atom stereocenters. The fourth-order valence-corrected chi connectivity index (χ4v) is 6.09. The number of nitrogens with two attached hydrogens (primary N) is 1. The molecule has 1 aromatic heterocycles. The summed E-state index contributed by atoms with van der Waals surface area (Å²) in [6.07, 6.45) is 13.4. The maximum Gasteiger partial charge on any atom is 0.224 e. The predicted octanol–water partition coefficient (Wildman–Crippen LogP) is 6.55. The van der Waals surface area contributed by atoms with Gasteiger partial charge in [-0.2, -0.15) is 0 Å². The Morgan fingerprint density at radius 3 is 2.49 bits per heavy atom. The van der Waals surface area contributed by atoms with Crippen LogP contribution in [0.5, 0.6) is 0 Å². The molecule has 2 fully saturated rings. The number of aryl methyl sites for hydroxylation is 1. The molecule has 0 radical (unpaired) electrons. The third-order valence-corrected chi connectivity index (χ3v) is 8.09. The minimum atomic E-state index is 0. The van der Waals surface area contributed by atoms with Crippen LogP contribution in [0.15, 0.2) is 48.7 Å². The molecule has 5 rings (SSSR count). The third kappa shape index (κ3) is 6.10. The summed E-state index contributed by atoms with van der Waals surface area (Å²) in [6, 6.07) is 15.9. The van der Waals surface area contributed by atoms with Crippen molar-refractivity contribution in [1.29, 1.82) is 0 Å². The van der Waals surface area contributed by atoms with Gasteiger partial charge in [-0.25, -0.2) is 0 Å². The molecular weight excluding hydrogens is 454 g/mol. The SMILES string of the molecule is Cc1ccccc1-c1ccc2c(c1)c(CC(=O)NC1CCC(N)CC1)cn2CC1CCCCC1.Cl. The first-order chi connectivity index (χ1) is 16.6.